The van der Waals surface area contributed by atoms with Crippen LogP contribution >= 0.6 is 0 Å². The molecule has 114 valence electrons. The van der Waals surface area contributed by atoms with Crippen LogP contribution in [0.3, 0.4) is 0 Å². The highest BCUT2D eigenvalue weighted by molar-refractivity contribution is 5.78. The molecule has 1 aliphatic carbocycles. The Kier molecular flexibility index (Phi) is 5.27. The number of halogens is 1. The third-order valence-corrected chi connectivity index (χ3v) is 3.46. The molecule has 2 N–H and O–H groups in total. The van der Waals surface area contributed by atoms with Crippen LogP contribution in [-0.2, 0) is 16.1 Å². The maximum Gasteiger partial charge on any atom is 0.304 e. The molecule has 2 rings (SSSR count). The van der Waals surface area contributed by atoms with Gasteiger partial charge in [-0.1, -0.05) is 18.2 Å². The van der Waals surface area contributed by atoms with Gasteiger partial charge in [0.2, 0.25) is 5.91 Å². The molecule has 0 radical (unpaired) electrons. The maximum absolute atomic E-state index is 13.4. The van der Waals surface area contributed by atoms with E-state index in [9.17, 15) is 14.0 Å². The number of nitrogens with zero attached hydrogens (tertiary/aromatic N) is 1. The van der Waals surface area contributed by atoms with Gasteiger partial charge in [-0.15, -0.1) is 0 Å². The highest BCUT2D eigenvalue weighted by Gasteiger charge is 2.30. The van der Waals surface area contributed by atoms with Crippen molar-refractivity contribution in [1.29, 1.82) is 0 Å². The second-order valence-electron chi connectivity index (χ2n) is 5.21. The van der Waals surface area contributed by atoms with Crippen LogP contribution in [0.1, 0.15) is 24.8 Å². The van der Waals surface area contributed by atoms with Gasteiger partial charge in [-0.25, -0.2) is 4.39 Å². The molecule has 0 unspecified atom stereocenters. The Morgan fingerprint density at radius 2 is 2.05 bits per heavy atom. The third kappa shape index (κ3) is 5.15. The molecule has 1 aliphatic rings. The van der Waals surface area contributed by atoms with Crippen LogP contribution in [0.25, 0.3) is 0 Å². The molecule has 5 nitrogen and oxygen atoms in total. The number of benzene rings is 1. The molecule has 1 fully saturated rings. The number of carbonyl (C=O) groups is 2. The van der Waals surface area contributed by atoms with E-state index in [0.717, 1.165) is 12.8 Å². The minimum atomic E-state index is -0.868. The molecule has 0 aromatic heterocycles. The number of rotatable bonds is 8. The van der Waals surface area contributed by atoms with Crippen LogP contribution in [-0.4, -0.2) is 41.0 Å². The van der Waals surface area contributed by atoms with E-state index in [-0.39, 0.29) is 31.2 Å². The fraction of sp³-hybridized carbons (Fsp3) is 0.467. The zero-order chi connectivity index (χ0) is 15.2. The second-order valence-corrected chi connectivity index (χ2v) is 5.21. The van der Waals surface area contributed by atoms with E-state index in [2.05, 4.69) is 5.32 Å². The average molecular weight is 294 g/mol. The molecule has 0 heterocycles. The van der Waals surface area contributed by atoms with Crippen LogP contribution in [0.2, 0.25) is 0 Å². The van der Waals surface area contributed by atoms with Gasteiger partial charge < -0.3 is 10.4 Å². The molecule has 1 saturated carbocycles. The first-order chi connectivity index (χ1) is 10.1. The number of hydrogen-bond donors (Lipinski definition) is 2. The predicted octanol–water partition coefficient (Wildman–Crippen LogP) is 1.38. The van der Waals surface area contributed by atoms with Gasteiger partial charge in [-0.05, 0) is 18.9 Å². The van der Waals surface area contributed by atoms with Crippen molar-refractivity contribution in [3.05, 3.63) is 35.6 Å². The van der Waals surface area contributed by atoms with Crippen LogP contribution in [0.15, 0.2) is 24.3 Å². The number of carboxylic acid groups (broad SMARTS) is 1. The monoisotopic (exact) mass is 294 g/mol. The first kappa shape index (κ1) is 15.4. The van der Waals surface area contributed by atoms with E-state index < -0.39 is 5.97 Å². The van der Waals surface area contributed by atoms with E-state index in [0.29, 0.717) is 18.2 Å². The molecule has 6 heteroatoms. The highest BCUT2D eigenvalue weighted by atomic mass is 19.1. The minimum absolute atomic E-state index is 0.0249. The van der Waals surface area contributed by atoms with Gasteiger partial charge in [0, 0.05) is 24.7 Å². The zero-order valence-corrected chi connectivity index (χ0v) is 11.7. The molecular weight excluding hydrogens is 275 g/mol. The SMILES string of the molecule is O=C(O)CCN(CC(=O)NCc1ccccc1F)C1CC1. The van der Waals surface area contributed by atoms with E-state index in [1.165, 1.54) is 6.07 Å². The quantitative estimate of drug-likeness (QED) is 0.760. The van der Waals surface area contributed by atoms with Gasteiger partial charge in [0.05, 0.1) is 13.0 Å². The molecule has 1 aromatic carbocycles. The van der Waals surface area contributed by atoms with E-state index in [4.69, 9.17) is 5.11 Å². The summed E-state index contributed by atoms with van der Waals surface area (Å²) in [5.74, 6) is -1.43. The van der Waals surface area contributed by atoms with Crippen molar-refractivity contribution in [2.45, 2.75) is 31.8 Å². The molecule has 0 bridgehead atoms. The van der Waals surface area contributed by atoms with Crippen molar-refractivity contribution in [1.82, 2.24) is 10.2 Å². The minimum Gasteiger partial charge on any atom is -0.481 e. The van der Waals surface area contributed by atoms with Crippen LogP contribution < -0.4 is 5.32 Å². The summed E-state index contributed by atoms with van der Waals surface area (Å²) in [4.78, 5) is 24.4. The average Bonchev–Trinajstić information content (AvgIpc) is 3.27. The number of aliphatic carboxylic acids is 1. The zero-order valence-electron chi connectivity index (χ0n) is 11.7. The van der Waals surface area contributed by atoms with Gasteiger partial charge >= 0.3 is 5.97 Å². The molecular formula is C15H19FN2O3. The Balaban J connectivity index is 1.79. The van der Waals surface area contributed by atoms with Crippen molar-refractivity contribution >= 4 is 11.9 Å². The summed E-state index contributed by atoms with van der Waals surface area (Å²) in [6, 6.07) is 6.60. The van der Waals surface area contributed by atoms with Crippen molar-refractivity contribution < 1.29 is 19.1 Å². The molecule has 21 heavy (non-hydrogen) atoms. The summed E-state index contributed by atoms with van der Waals surface area (Å²) >= 11 is 0. The van der Waals surface area contributed by atoms with Crippen LogP contribution in [0.4, 0.5) is 4.39 Å². The normalized spacial score (nSPS) is 14.2. The predicted molar refractivity (Wildman–Crippen MR) is 75.1 cm³/mol. The lowest BCUT2D eigenvalue weighted by atomic mass is 10.2. The summed E-state index contributed by atoms with van der Waals surface area (Å²) < 4.78 is 13.4. The summed E-state index contributed by atoms with van der Waals surface area (Å²) in [5.41, 5.74) is 0.439. The van der Waals surface area contributed by atoms with Gasteiger partial charge in [-0.3, -0.25) is 14.5 Å². The standard InChI is InChI=1S/C15H19FN2O3/c16-13-4-2-1-3-11(13)9-17-14(19)10-18(12-5-6-12)8-7-15(20)21/h1-4,12H,5-10H2,(H,17,19)(H,20,21). The lowest BCUT2D eigenvalue weighted by molar-refractivity contribution is -0.137. The first-order valence-corrected chi connectivity index (χ1v) is 7.02. The van der Waals surface area contributed by atoms with Crippen LogP contribution in [0, 0.1) is 5.82 Å². The second kappa shape index (κ2) is 7.17. The Labute approximate surface area is 122 Å². The topological polar surface area (TPSA) is 69.6 Å². The van der Waals surface area contributed by atoms with Gasteiger partial charge in [0.1, 0.15) is 5.82 Å². The van der Waals surface area contributed by atoms with Gasteiger partial charge in [0.15, 0.2) is 0 Å². The summed E-state index contributed by atoms with van der Waals surface area (Å²) in [6.45, 7) is 0.669. The number of amides is 1. The van der Waals surface area contributed by atoms with Crippen molar-refractivity contribution in [3.8, 4) is 0 Å². The third-order valence-electron chi connectivity index (χ3n) is 3.46. The largest absolute Gasteiger partial charge is 0.481 e. The number of carboxylic acids is 1. The lowest BCUT2D eigenvalue weighted by Gasteiger charge is -2.20. The molecule has 1 amide bonds. The molecule has 0 aliphatic heterocycles. The van der Waals surface area contributed by atoms with Crippen molar-refractivity contribution in [2.24, 2.45) is 0 Å². The molecule has 0 spiro atoms. The van der Waals surface area contributed by atoms with E-state index >= 15 is 0 Å². The van der Waals surface area contributed by atoms with Crippen molar-refractivity contribution in [2.75, 3.05) is 13.1 Å². The summed E-state index contributed by atoms with van der Waals surface area (Å²) in [5, 5.41) is 11.4. The van der Waals surface area contributed by atoms with Gasteiger partial charge in [-0.2, -0.15) is 0 Å². The molecule has 1 aromatic rings. The summed E-state index contributed by atoms with van der Waals surface area (Å²) in [6.07, 6.45) is 2.03. The molecule has 0 atom stereocenters. The fourth-order valence-electron chi connectivity index (χ4n) is 2.15. The lowest BCUT2D eigenvalue weighted by Crippen LogP contribution is -2.39. The van der Waals surface area contributed by atoms with Gasteiger partial charge in [0.25, 0.3) is 0 Å². The Hall–Kier alpha value is -1.95. The van der Waals surface area contributed by atoms with E-state index in [1.54, 1.807) is 18.2 Å². The smallest absolute Gasteiger partial charge is 0.304 e. The number of nitrogens with one attached hydrogen (secondary N) is 1. The Morgan fingerprint density at radius 1 is 1.33 bits per heavy atom. The summed E-state index contributed by atoms with van der Waals surface area (Å²) in [7, 11) is 0. The first-order valence-electron chi connectivity index (χ1n) is 7.02. The fourth-order valence-corrected chi connectivity index (χ4v) is 2.15. The number of hydrogen-bond acceptors (Lipinski definition) is 3. The van der Waals surface area contributed by atoms with Crippen LogP contribution in [0.5, 0.6) is 0 Å². The Bertz CT molecular complexity index is 517. The van der Waals surface area contributed by atoms with Crippen molar-refractivity contribution in [3.63, 3.8) is 0 Å². The number of carbonyl (C=O) groups excluding carboxylic acids is 1. The molecule has 0 saturated heterocycles. The maximum atomic E-state index is 13.4. The van der Waals surface area contributed by atoms with E-state index in [1.807, 2.05) is 4.90 Å². The highest BCUT2D eigenvalue weighted by Crippen LogP contribution is 2.26. The Morgan fingerprint density at radius 3 is 2.67 bits per heavy atom.